The molecule has 0 heterocycles. The summed E-state index contributed by atoms with van der Waals surface area (Å²) in [5, 5.41) is 3.07. The van der Waals surface area contributed by atoms with E-state index < -0.39 is 10.0 Å². The number of carbonyl (C=O) groups excluding carboxylic acids is 1. The van der Waals surface area contributed by atoms with Crippen LogP contribution in [0.1, 0.15) is 36.9 Å². The van der Waals surface area contributed by atoms with Gasteiger partial charge in [-0.05, 0) is 73.7 Å². The van der Waals surface area contributed by atoms with Gasteiger partial charge in [0.15, 0.2) is 6.61 Å². The molecular formula is C26H28N2O4S. The molecule has 0 aromatic heterocycles. The molecule has 172 valence electrons. The molecule has 6 nitrogen and oxygen atoms in total. The van der Waals surface area contributed by atoms with Crippen molar-refractivity contribution in [1.29, 1.82) is 0 Å². The predicted octanol–water partition coefficient (Wildman–Crippen LogP) is 4.47. The van der Waals surface area contributed by atoms with E-state index in [4.69, 9.17) is 4.74 Å². The Labute approximate surface area is 195 Å². The molecule has 3 aromatic carbocycles. The van der Waals surface area contributed by atoms with Gasteiger partial charge in [0.1, 0.15) is 5.75 Å². The summed E-state index contributed by atoms with van der Waals surface area (Å²) in [6.45, 7) is 1.99. The van der Waals surface area contributed by atoms with E-state index in [1.54, 1.807) is 61.5 Å². The number of nitrogens with one attached hydrogen (secondary N) is 1. The molecule has 0 aliphatic heterocycles. The van der Waals surface area contributed by atoms with Crippen molar-refractivity contribution in [2.75, 3.05) is 17.5 Å². The molecule has 0 unspecified atom stereocenters. The van der Waals surface area contributed by atoms with E-state index in [0.29, 0.717) is 18.0 Å². The van der Waals surface area contributed by atoms with Crippen molar-refractivity contribution < 1.29 is 17.9 Å². The standard InChI is InChI=1S/C26H28N2O4S/c1-2-28(33(30,31)23-11-4-3-5-12-23)21-15-17-22(18-16-21)32-19-26(29)27-25-14-8-10-20-9-6-7-13-24(20)25/h3-7,9,11-13,15-18,25H,2,8,10,14,19H2,1H3,(H,27,29)/t25-/m1/s1. The molecule has 0 bridgehead atoms. The van der Waals surface area contributed by atoms with E-state index in [1.165, 1.54) is 15.4 Å². The lowest BCUT2D eigenvalue weighted by molar-refractivity contribution is -0.123. The topological polar surface area (TPSA) is 75.7 Å². The number of carbonyl (C=O) groups is 1. The van der Waals surface area contributed by atoms with Crippen LogP contribution < -0.4 is 14.4 Å². The molecule has 4 rings (SSSR count). The van der Waals surface area contributed by atoms with E-state index in [1.807, 2.05) is 12.1 Å². The molecule has 1 N–H and O–H groups in total. The van der Waals surface area contributed by atoms with Crippen molar-refractivity contribution in [3.63, 3.8) is 0 Å². The third-order valence-electron chi connectivity index (χ3n) is 5.82. The second-order valence-corrected chi connectivity index (χ2v) is 9.84. The summed E-state index contributed by atoms with van der Waals surface area (Å²) in [6.07, 6.45) is 3.00. The number of benzene rings is 3. The van der Waals surface area contributed by atoms with Crippen LogP contribution in [0.5, 0.6) is 5.75 Å². The highest BCUT2D eigenvalue weighted by Crippen LogP contribution is 2.29. The van der Waals surface area contributed by atoms with Crippen molar-refractivity contribution >= 4 is 21.6 Å². The third-order valence-corrected chi connectivity index (χ3v) is 7.73. The van der Waals surface area contributed by atoms with Crippen molar-refractivity contribution in [2.24, 2.45) is 0 Å². The maximum atomic E-state index is 13.0. The molecule has 0 fully saturated rings. The van der Waals surface area contributed by atoms with Gasteiger partial charge in [0, 0.05) is 6.54 Å². The van der Waals surface area contributed by atoms with Crippen LogP contribution in [-0.2, 0) is 21.2 Å². The SMILES string of the molecule is CCN(c1ccc(OCC(=O)N[C@@H]2CCCc3ccccc32)cc1)S(=O)(=O)c1ccccc1. The minimum absolute atomic E-state index is 0.00901. The van der Waals surface area contributed by atoms with Crippen molar-refractivity contribution in [1.82, 2.24) is 5.32 Å². The summed E-state index contributed by atoms with van der Waals surface area (Å²) in [5.41, 5.74) is 3.01. The Morgan fingerprint density at radius 3 is 2.42 bits per heavy atom. The third kappa shape index (κ3) is 5.20. The fourth-order valence-corrected chi connectivity index (χ4v) is 5.70. The van der Waals surface area contributed by atoms with E-state index in [9.17, 15) is 13.2 Å². The van der Waals surface area contributed by atoms with Gasteiger partial charge >= 0.3 is 0 Å². The predicted molar refractivity (Wildman–Crippen MR) is 129 cm³/mol. The second-order valence-electron chi connectivity index (χ2n) is 7.98. The van der Waals surface area contributed by atoms with Crippen molar-refractivity contribution in [3.8, 4) is 5.75 Å². The molecule has 1 atom stereocenters. The van der Waals surface area contributed by atoms with E-state index in [2.05, 4.69) is 17.4 Å². The molecule has 7 heteroatoms. The number of amides is 1. The number of aryl methyl sites for hydroxylation is 1. The van der Waals surface area contributed by atoms with Crippen LogP contribution in [0.2, 0.25) is 0 Å². The Balaban J connectivity index is 1.37. The van der Waals surface area contributed by atoms with Gasteiger partial charge in [0.05, 0.1) is 16.6 Å². The lowest BCUT2D eigenvalue weighted by Gasteiger charge is -2.26. The summed E-state index contributed by atoms with van der Waals surface area (Å²) in [5.74, 6) is 0.328. The number of nitrogens with zero attached hydrogens (tertiary/aromatic N) is 1. The highest BCUT2D eigenvalue weighted by atomic mass is 32.2. The number of hydrogen-bond donors (Lipinski definition) is 1. The summed E-state index contributed by atoms with van der Waals surface area (Å²) >= 11 is 0. The highest BCUT2D eigenvalue weighted by molar-refractivity contribution is 7.92. The van der Waals surface area contributed by atoms with Crippen molar-refractivity contribution in [3.05, 3.63) is 90.0 Å². The summed E-state index contributed by atoms with van der Waals surface area (Å²) in [6, 6.07) is 23.3. The van der Waals surface area contributed by atoms with Crippen LogP contribution in [0.25, 0.3) is 0 Å². The maximum Gasteiger partial charge on any atom is 0.264 e. The Bertz CT molecular complexity index is 1190. The van der Waals surface area contributed by atoms with Crippen LogP contribution in [0.15, 0.2) is 83.8 Å². The summed E-state index contributed by atoms with van der Waals surface area (Å²) < 4.78 is 33.0. The van der Waals surface area contributed by atoms with Gasteiger partial charge in [-0.2, -0.15) is 0 Å². The Morgan fingerprint density at radius 1 is 1.00 bits per heavy atom. The smallest absolute Gasteiger partial charge is 0.264 e. The molecule has 0 saturated carbocycles. The molecule has 1 amide bonds. The first-order valence-electron chi connectivity index (χ1n) is 11.2. The largest absolute Gasteiger partial charge is 0.484 e. The van der Waals surface area contributed by atoms with Gasteiger partial charge in [-0.15, -0.1) is 0 Å². The number of anilines is 1. The van der Waals surface area contributed by atoms with Gasteiger partial charge < -0.3 is 10.1 Å². The van der Waals surface area contributed by atoms with Crippen LogP contribution in [0.4, 0.5) is 5.69 Å². The van der Waals surface area contributed by atoms with Crippen LogP contribution >= 0.6 is 0 Å². The van der Waals surface area contributed by atoms with E-state index in [-0.39, 0.29) is 23.5 Å². The first-order valence-corrected chi connectivity index (χ1v) is 12.6. The summed E-state index contributed by atoms with van der Waals surface area (Å²) in [7, 11) is -3.66. The molecule has 1 aliphatic carbocycles. The molecular weight excluding hydrogens is 436 g/mol. The Hall–Kier alpha value is -3.32. The average Bonchev–Trinajstić information content (AvgIpc) is 2.85. The molecule has 33 heavy (non-hydrogen) atoms. The van der Waals surface area contributed by atoms with E-state index in [0.717, 1.165) is 19.3 Å². The summed E-state index contributed by atoms with van der Waals surface area (Å²) in [4.78, 5) is 12.7. The molecule has 1 aliphatic rings. The number of hydrogen-bond acceptors (Lipinski definition) is 4. The highest BCUT2D eigenvalue weighted by Gasteiger charge is 2.24. The number of ether oxygens (including phenoxy) is 1. The van der Waals surface area contributed by atoms with Gasteiger partial charge in [-0.1, -0.05) is 42.5 Å². The minimum Gasteiger partial charge on any atom is -0.484 e. The first-order chi connectivity index (χ1) is 16.0. The molecule has 0 radical (unpaired) electrons. The van der Waals surface area contributed by atoms with Gasteiger partial charge in [-0.3, -0.25) is 9.10 Å². The van der Waals surface area contributed by atoms with Crippen LogP contribution in [-0.4, -0.2) is 27.5 Å². The van der Waals surface area contributed by atoms with Gasteiger partial charge in [0.25, 0.3) is 15.9 Å². The minimum atomic E-state index is -3.66. The normalized spacial score (nSPS) is 15.4. The number of rotatable bonds is 8. The van der Waals surface area contributed by atoms with Gasteiger partial charge in [-0.25, -0.2) is 8.42 Å². The van der Waals surface area contributed by atoms with Gasteiger partial charge in [0.2, 0.25) is 0 Å². The van der Waals surface area contributed by atoms with E-state index >= 15 is 0 Å². The quantitative estimate of drug-likeness (QED) is 0.534. The second kappa shape index (κ2) is 10.1. The van der Waals surface area contributed by atoms with Crippen LogP contribution in [0.3, 0.4) is 0 Å². The monoisotopic (exact) mass is 464 g/mol. The fourth-order valence-electron chi connectivity index (χ4n) is 4.21. The zero-order chi connectivity index (χ0) is 23.3. The van der Waals surface area contributed by atoms with Crippen molar-refractivity contribution in [2.45, 2.75) is 37.1 Å². The number of fused-ring (bicyclic) bond motifs is 1. The lowest BCUT2D eigenvalue weighted by Crippen LogP contribution is -2.34. The number of sulfonamides is 1. The lowest BCUT2D eigenvalue weighted by atomic mass is 9.88. The molecule has 3 aromatic rings. The zero-order valence-corrected chi connectivity index (χ0v) is 19.4. The molecule has 0 saturated heterocycles. The molecule has 0 spiro atoms. The average molecular weight is 465 g/mol. The Morgan fingerprint density at radius 2 is 1.70 bits per heavy atom. The zero-order valence-electron chi connectivity index (χ0n) is 18.6. The fraction of sp³-hybridized carbons (Fsp3) is 0.269. The first kappa shape index (κ1) is 22.9. The van der Waals surface area contributed by atoms with Crippen LogP contribution in [0, 0.1) is 0 Å². The maximum absolute atomic E-state index is 13.0. The Kier molecular flexibility index (Phi) is 6.99.